The first-order chi connectivity index (χ1) is 17.1. The largest absolute Gasteiger partial charge is 0.480 e. The number of hydrogen-bond donors (Lipinski definition) is 6. The molecule has 8 N–H and O–H groups in total. The standard InChI is InChI=1S/C25H41N5O5S/c1-16(2)21(24(33)29-20(25(34)35)11-7-8-13-26)30-23(32)19(12-14-36-3)28-22(31)18(27)15-17-9-5-4-6-10-17/h4-6,9-10,16,18-21H,7-8,11-15,26-27H2,1-3H3,(H,28,31)(H,29,33)(H,30,32)(H,34,35). The molecule has 0 aromatic heterocycles. The van der Waals surface area contributed by atoms with E-state index in [4.69, 9.17) is 11.5 Å². The van der Waals surface area contributed by atoms with Crippen LogP contribution < -0.4 is 27.4 Å². The van der Waals surface area contributed by atoms with Crippen LogP contribution in [0.1, 0.15) is 45.1 Å². The summed E-state index contributed by atoms with van der Waals surface area (Å²) in [5, 5.41) is 17.4. The summed E-state index contributed by atoms with van der Waals surface area (Å²) in [6.07, 6.45) is 3.99. The summed E-state index contributed by atoms with van der Waals surface area (Å²) in [4.78, 5) is 50.4. The lowest BCUT2D eigenvalue weighted by atomic mass is 10.0. The predicted molar refractivity (Wildman–Crippen MR) is 142 cm³/mol. The average molecular weight is 524 g/mol. The molecule has 36 heavy (non-hydrogen) atoms. The van der Waals surface area contributed by atoms with E-state index in [2.05, 4.69) is 16.0 Å². The van der Waals surface area contributed by atoms with Crippen LogP contribution in [0.5, 0.6) is 0 Å². The van der Waals surface area contributed by atoms with Crippen molar-refractivity contribution in [2.45, 2.75) is 70.1 Å². The van der Waals surface area contributed by atoms with Gasteiger partial charge in [0.2, 0.25) is 17.7 Å². The number of benzene rings is 1. The normalized spacial score (nSPS) is 14.4. The minimum atomic E-state index is -1.15. The summed E-state index contributed by atoms with van der Waals surface area (Å²) in [7, 11) is 0. The molecule has 4 unspecified atom stereocenters. The molecule has 10 nitrogen and oxygen atoms in total. The molecule has 0 saturated carbocycles. The molecular weight excluding hydrogens is 482 g/mol. The lowest BCUT2D eigenvalue weighted by Gasteiger charge is -2.27. The first-order valence-corrected chi connectivity index (χ1v) is 13.6. The summed E-state index contributed by atoms with van der Waals surface area (Å²) in [6, 6.07) is 5.56. The second kappa shape index (κ2) is 16.9. The van der Waals surface area contributed by atoms with Gasteiger partial charge in [0.1, 0.15) is 18.1 Å². The zero-order valence-electron chi connectivity index (χ0n) is 21.4. The molecule has 4 atom stereocenters. The highest BCUT2D eigenvalue weighted by Crippen LogP contribution is 2.09. The quantitative estimate of drug-likeness (QED) is 0.161. The van der Waals surface area contributed by atoms with Crippen LogP contribution in [0.15, 0.2) is 30.3 Å². The van der Waals surface area contributed by atoms with Gasteiger partial charge in [0.25, 0.3) is 0 Å². The fraction of sp³-hybridized carbons (Fsp3) is 0.600. The molecule has 0 aliphatic rings. The third-order valence-corrected chi connectivity index (χ3v) is 6.33. The predicted octanol–water partition coefficient (Wildman–Crippen LogP) is 0.634. The average Bonchev–Trinajstić information content (AvgIpc) is 2.84. The molecular formula is C25H41N5O5S. The molecule has 202 valence electrons. The number of hydrogen-bond acceptors (Lipinski definition) is 7. The van der Waals surface area contributed by atoms with Crippen LogP contribution in [-0.4, -0.2) is 71.5 Å². The third-order valence-electron chi connectivity index (χ3n) is 5.69. The molecule has 0 saturated heterocycles. The maximum atomic E-state index is 13.1. The number of nitrogens with one attached hydrogen (secondary N) is 3. The van der Waals surface area contributed by atoms with Crippen LogP contribution in [0.4, 0.5) is 0 Å². The zero-order valence-corrected chi connectivity index (χ0v) is 22.2. The topological polar surface area (TPSA) is 177 Å². The van der Waals surface area contributed by atoms with Crippen molar-refractivity contribution in [3.8, 4) is 0 Å². The lowest BCUT2D eigenvalue weighted by molar-refractivity contribution is -0.142. The Morgan fingerprint density at radius 1 is 0.917 bits per heavy atom. The van der Waals surface area contributed by atoms with Gasteiger partial charge in [-0.1, -0.05) is 44.2 Å². The molecule has 0 fully saturated rings. The van der Waals surface area contributed by atoms with Crippen LogP contribution >= 0.6 is 11.8 Å². The molecule has 0 bridgehead atoms. The number of rotatable bonds is 17. The van der Waals surface area contributed by atoms with Crippen LogP contribution in [0, 0.1) is 5.92 Å². The molecule has 1 rings (SSSR count). The Kier molecular flexibility index (Phi) is 14.8. The van der Waals surface area contributed by atoms with Crippen molar-refractivity contribution < 1.29 is 24.3 Å². The molecule has 0 aliphatic heterocycles. The Labute approximate surface area is 217 Å². The molecule has 0 aliphatic carbocycles. The second-order valence-corrected chi connectivity index (χ2v) is 10.0. The van der Waals surface area contributed by atoms with Crippen LogP contribution in [-0.2, 0) is 25.6 Å². The highest BCUT2D eigenvalue weighted by molar-refractivity contribution is 7.98. The highest BCUT2D eigenvalue weighted by Gasteiger charge is 2.31. The maximum absolute atomic E-state index is 13.1. The SMILES string of the molecule is CSCCC(NC(=O)C(N)Cc1ccccc1)C(=O)NC(C(=O)NC(CCCCN)C(=O)O)C(C)C. The summed E-state index contributed by atoms with van der Waals surface area (Å²) in [5.74, 6) is -2.43. The number of nitrogens with two attached hydrogens (primary N) is 2. The number of thioether (sulfide) groups is 1. The molecule has 0 spiro atoms. The van der Waals surface area contributed by atoms with E-state index >= 15 is 0 Å². The highest BCUT2D eigenvalue weighted by atomic mass is 32.2. The van der Waals surface area contributed by atoms with Crippen molar-refractivity contribution in [1.82, 2.24) is 16.0 Å². The van der Waals surface area contributed by atoms with Crippen LogP contribution in [0.3, 0.4) is 0 Å². The second-order valence-electron chi connectivity index (χ2n) is 9.05. The summed E-state index contributed by atoms with van der Waals surface area (Å²) in [6.45, 7) is 3.93. The molecule has 0 radical (unpaired) electrons. The van der Waals surface area contributed by atoms with Crippen molar-refractivity contribution in [3.05, 3.63) is 35.9 Å². The van der Waals surface area contributed by atoms with Gasteiger partial charge >= 0.3 is 5.97 Å². The number of carboxylic acids is 1. The summed E-state index contributed by atoms with van der Waals surface area (Å²) >= 11 is 1.52. The Morgan fingerprint density at radius 3 is 2.11 bits per heavy atom. The number of carbonyl (C=O) groups is 4. The summed E-state index contributed by atoms with van der Waals surface area (Å²) in [5.41, 5.74) is 12.5. The minimum Gasteiger partial charge on any atom is -0.480 e. The number of carboxylic acid groups (broad SMARTS) is 1. The molecule has 1 aromatic rings. The van der Waals surface area contributed by atoms with Crippen molar-refractivity contribution >= 4 is 35.5 Å². The van der Waals surface area contributed by atoms with Gasteiger partial charge < -0.3 is 32.5 Å². The van der Waals surface area contributed by atoms with Gasteiger partial charge in [-0.05, 0) is 62.1 Å². The Balaban J connectivity index is 2.87. The van der Waals surface area contributed by atoms with Crippen LogP contribution in [0.2, 0.25) is 0 Å². The van der Waals surface area contributed by atoms with Gasteiger partial charge in [0.05, 0.1) is 6.04 Å². The van der Waals surface area contributed by atoms with Gasteiger partial charge in [0.15, 0.2) is 0 Å². The van der Waals surface area contributed by atoms with E-state index in [0.29, 0.717) is 38.0 Å². The minimum absolute atomic E-state index is 0.239. The van der Waals surface area contributed by atoms with Crippen molar-refractivity contribution in [1.29, 1.82) is 0 Å². The number of carbonyl (C=O) groups excluding carboxylic acids is 3. The molecule has 11 heteroatoms. The maximum Gasteiger partial charge on any atom is 0.326 e. The third kappa shape index (κ3) is 11.4. The van der Waals surface area contributed by atoms with E-state index in [9.17, 15) is 24.3 Å². The first-order valence-electron chi connectivity index (χ1n) is 12.2. The van der Waals surface area contributed by atoms with Crippen molar-refractivity contribution in [2.24, 2.45) is 17.4 Å². The smallest absolute Gasteiger partial charge is 0.326 e. The fourth-order valence-electron chi connectivity index (χ4n) is 3.54. The lowest BCUT2D eigenvalue weighted by Crippen LogP contribution is -2.58. The molecule has 1 aromatic carbocycles. The van der Waals surface area contributed by atoms with E-state index in [0.717, 1.165) is 5.56 Å². The fourth-order valence-corrected chi connectivity index (χ4v) is 4.02. The Hall–Kier alpha value is -2.63. The van der Waals surface area contributed by atoms with E-state index in [1.165, 1.54) is 11.8 Å². The van der Waals surface area contributed by atoms with E-state index in [1.54, 1.807) is 13.8 Å². The molecule has 3 amide bonds. The monoisotopic (exact) mass is 523 g/mol. The zero-order chi connectivity index (χ0) is 27.1. The van der Waals surface area contributed by atoms with E-state index in [-0.39, 0.29) is 12.3 Å². The summed E-state index contributed by atoms with van der Waals surface area (Å²) < 4.78 is 0. The number of aliphatic carboxylic acids is 1. The number of amides is 3. The van der Waals surface area contributed by atoms with Gasteiger partial charge in [-0.25, -0.2) is 4.79 Å². The van der Waals surface area contributed by atoms with Crippen molar-refractivity contribution in [2.75, 3.05) is 18.6 Å². The van der Waals surface area contributed by atoms with Gasteiger partial charge in [-0.3, -0.25) is 14.4 Å². The van der Waals surface area contributed by atoms with Gasteiger partial charge in [-0.15, -0.1) is 0 Å². The Bertz CT molecular complexity index is 839. The Morgan fingerprint density at radius 2 is 1.56 bits per heavy atom. The molecule has 0 heterocycles. The van der Waals surface area contributed by atoms with E-state index < -0.39 is 47.9 Å². The van der Waals surface area contributed by atoms with Gasteiger partial charge in [0, 0.05) is 0 Å². The van der Waals surface area contributed by atoms with E-state index in [1.807, 2.05) is 36.6 Å². The van der Waals surface area contributed by atoms with Gasteiger partial charge in [-0.2, -0.15) is 11.8 Å². The van der Waals surface area contributed by atoms with Crippen LogP contribution in [0.25, 0.3) is 0 Å². The van der Waals surface area contributed by atoms with Crippen molar-refractivity contribution in [3.63, 3.8) is 0 Å². The first kappa shape index (κ1) is 31.4. The number of unbranched alkanes of at least 4 members (excludes halogenated alkanes) is 1.